The Balaban J connectivity index is 1.88. The highest BCUT2D eigenvalue weighted by Crippen LogP contribution is 2.17. The van der Waals surface area contributed by atoms with Crippen LogP contribution < -0.4 is 5.32 Å². The Morgan fingerprint density at radius 3 is 2.94 bits per heavy atom. The van der Waals surface area contributed by atoms with Crippen LogP contribution in [0.3, 0.4) is 0 Å². The van der Waals surface area contributed by atoms with Gasteiger partial charge in [0.25, 0.3) is 0 Å². The van der Waals surface area contributed by atoms with Gasteiger partial charge in [-0.15, -0.1) is 0 Å². The topological polar surface area (TPSA) is 55.9 Å². The highest BCUT2D eigenvalue weighted by molar-refractivity contribution is 5.78. The van der Waals surface area contributed by atoms with Crippen molar-refractivity contribution in [3.63, 3.8) is 0 Å². The fourth-order valence-corrected chi connectivity index (χ4v) is 1.80. The van der Waals surface area contributed by atoms with Gasteiger partial charge in [-0.2, -0.15) is 0 Å². The molecular weight excluding hydrogens is 216 g/mol. The van der Waals surface area contributed by atoms with Crippen LogP contribution in [0, 0.1) is 0 Å². The summed E-state index contributed by atoms with van der Waals surface area (Å²) in [6, 6.07) is 9.86. The van der Waals surface area contributed by atoms with E-state index in [0.29, 0.717) is 6.54 Å². The number of hydrogen-bond donors (Lipinski definition) is 1. The van der Waals surface area contributed by atoms with Crippen molar-refractivity contribution in [2.24, 2.45) is 7.05 Å². The maximum absolute atomic E-state index is 4.77. The third kappa shape index (κ3) is 1.75. The van der Waals surface area contributed by atoms with Crippen molar-refractivity contribution >= 4 is 17.0 Å². The highest BCUT2D eigenvalue weighted by Gasteiger charge is 2.06. The zero-order chi connectivity index (χ0) is 11.7. The predicted octanol–water partition coefficient (Wildman–Crippen LogP) is 2.17. The van der Waals surface area contributed by atoms with Gasteiger partial charge in [-0.25, -0.2) is 4.98 Å². The third-order valence-electron chi connectivity index (χ3n) is 2.71. The molecule has 5 heteroatoms. The van der Waals surface area contributed by atoms with Gasteiger partial charge in [0.1, 0.15) is 12.0 Å². The molecule has 3 aromatic rings. The summed E-state index contributed by atoms with van der Waals surface area (Å²) in [5.41, 5.74) is 2.95. The van der Waals surface area contributed by atoms with Crippen LogP contribution in [0.15, 0.2) is 41.1 Å². The number of imidazole rings is 1. The van der Waals surface area contributed by atoms with Crippen molar-refractivity contribution in [3.8, 4) is 0 Å². The SMILES string of the molecule is Cn1c(NCc2ccon2)nc2ccccc21. The second kappa shape index (κ2) is 3.93. The van der Waals surface area contributed by atoms with Crippen LogP contribution in [0.5, 0.6) is 0 Å². The summed E-state index contributed by atoms with van der Waals surface area (Å²) in [5, 5.41) is 7.07. The first kappa shape index (κ1) is 9.89. The van der Waals surface area contributed by atoms with Gasteiger partial charge in [0.2, 0.25) is 5.95 Å². The molecule has 0 aliphatic rings. The molecule has 86 valence electrons. The second-order valence-corrected chi connectivity index (χ2v) is 3.83. The molecule has 0 fully saturated rings. The Morgan fingerprint density at radius 2 is 2.18 bits per heavy atom. The van der Waals surface area contributed by atoms with Crippen molar-refractivity contribution in [2.75, 3.05) is 5.32 Å². The standard InChI is InChI=1S/C12H12N4O/c1-16-11-5-3-2-4-10(11)14-12(16)13-8-9-6-7-17-15-9/h2-7H,8H2,1H3,(H,13,14). The molecule has 3 rings (SSSR count). The summed E-state index contributed by atoms with van der Waals surface area (Å²) in [6.45, 7) is 0.605. The average molecular weight is 228 g/mol. The molecule has 1 N–H and O–H groups in total. The first-order valence-electron chi connectivity index (χ1n) is 5.39. The van der Waals surface area contributed by atoms with Crippen LogP contribution in [-0.2, 0) is 13.6 Å². The van der Waals surface area contributed by atoms with E-state index in [1.165, 1.54) is 0 Å². The molecule has 0 bridgehead atoms. The van der Waals surface area contributed by atoms with Crippen LogP contribution in [0.4, 0.5) is 5.95 Å². The van der Waals surface area contributed by atoms with E-state index < -0.39 is 0 Å². The van der Waals surface area contributed by atoms with Crippen LogP contribution in [0.2, 0.25) is 0 Å². The van der Waals surface area contributed by atoms with Crippen LogP contribution >= 0.6 is 0 Å². The Labute approximate surface area is 98.1 Å². The van der Waals surface area contributed by atoms with Crippen molar-refractivity contribution in [1.29, 1.82) is 0 Å². The summed E-state index contributed by atoms with van der Waals surface area (Å²) in [6.07, 6.45) is 1.56. The zero-order valence-corrected chi connectivity index (χ0v) is 9.42. The molecule has 0 saturated heterocycles. The molecule has 17 heavy (non-hydrogen) atoms. The quantitative estimate of drug-likeness (QED) is 0.746. The average Bonchev–Trinajstić information content (AvgIpc) is 2.96. The number of aromatic nitrogens is 3. The molecule has 0 saturated carbocycles. The zero-order valence-electron chi connectivity index (χ0n) is 9.42. The highest BCUT2D eigenvalue weighted by atomic mass is 16.5. The Bertz CT molecular complexity index is 627. The molecule has 0 radical (unpaired) electrons. The summed E-state index contributed by atoms with van der Waals surface area (Å²) in [5.74, 6) is 0.828. The van der Waals surface area contributed by atoms with E-state index in [-0.39, 0.29) is 0 Å². The Hall–Kier alpha value is -2.30. The van der Waals surface area contributed by atoms with Crippen molar-refractivity contribution in [3.05, 3.63) is 42.3 Å². The van der Waals surface area contributed by atoms with Crippen molar-refractivity contribution in [2.45, 2.75) is 6.54 Å². The fraction of sp³-hybridized carbons (Fsp3) is 0.167. The number of hydrogen-bond acceptors (Lipinski definition) is 4. The molecule has 1 aromatic carbocycles. The van der Waals surface area contributed by atoms with Gasteiger partial charge in [-0.3, -0.25) is 0 Å². The monoisotopic (exact) mass is 228 g/mol. The van der Waals surface area contributed by atoms with E-state index in [2.05, 4.69) is 15.5 Å². The number of rotatable bonds is 3. The molecule has 0 unspecified atom stereocenters. The number of nitrogens with one attached hydrogen (secondary N) is 1. The fourth-order valence-electron chi connectivity index (χ4n) is 1.80. The normalized spacial score (nSPS) is 10.9. The lowest BCUT2D eigenvalue weighted by atomic mass is 10.3. The molecule has 0 aliphatic heterocycles. The van der Waals surface area contributed by atoms with Gasteiger partial charge in [-0.1, -0.05) is 17.3 Å². The molecule has 0 spiro atoms. The third-order valence-corrected chi connectivity index (χ3v) is 2.71. The molecule has 0 atom stereocenters. The van der Waals surface area contributed by atoms with Gasteiger partial charge in [0.05, 0.1) is 17.6 Å². The molecule has 0 amide bonds. The maximum Gasteiger partial charge on any atom is 0.203 e. The number of fused-ring (bicyclic) bond motifs is 1. The van der Waals surface area contributed by atoms with Crippen molar-refractivity contribution in [1.82, 2.24) is 14.7 Å². The Kier molecular flexibility index (Phi) is 2.29. The summed E-state index contributed by atoms with van der Waals surface area (Å²) in [7, 11) is 1.99. The molecule has 2 heterocycles. The van der Waals surface area contributed by atoms with E-state index >= 15 is 0 Å². The van der Waals surface area contributed by atoms with Gasteiger partial charge < -0.3 is 14.4 Å². The number of aryl methyl sites for hydroxylation is 1. The van der Waals surface area contributed by atoms with Crippen LogP contribution in [-0.4, -0.2) is 14.7 Å². The Morgan fingerprint density at radius 1 is 1.29 bits per heavy atom. The number of benzene rings is 1. The summed E-state index contributed by atoms with van der Waals surface area (Å²) >= 11 is 0. The molecule has 0 aliphatic carbocycles. The van der Waals surface area contributed by atoms with Gasteiger partial charge in [0.15, 0.2) is 0 Å². The van der Waals surface area contributed by atoms with Crippen LogP contribution in [0.1, 0.15) is 5.69 Å². The smallest absolute Gasteiger partial charge is 0.203 e. The molecular formula is C12H12N4O. The minimum atomic E-state index is 0.605. The lowest BCUT2D eigenvalue weighted by Crippen LogP contribution is -2.04. The van der Waals surface area contributed by atoms with E-state index in [4.69, 9.17) is 4.52 Å². The minimum absolute atomic E-state index is 0.605. The van der Waals surface area contributed by atoms with Crippen LogP contribution in [0.25, 0.3) is 11.0 Å². The second-order valence-electron chi connectivity index (χ2n) is 3.83. The van der Waals surface area contributed by atoms with E-state index in [1.54, 1.807) is 6.26 Å². The minimum Gasteiger partial charge on any atom is -0.364 e. The van der Waals surface area contributed by atoms with E-state index in [1.807, 2.05) is 41.9 Å². The molecule has 2 aromatic heterocycles. The van der Waals surface area contributed by atoms with Gasteiger partial charge >= 0.3 is 0 Å². The first-order valence-corrected chi connectivity index (χ1v) is 5.39. The molecule has 5 nitrogen and oxygen atoms in total. The van der Waals surface area contributed by atoms with Crippen molar-refractivity contribution < 1.29 is 4.52 Å². The van der Waals surface area contributed by atoms with Gasteiger partial charge in [-0.05, 0) is 12.1 Å². The maximum atomic E-state index is 4.77. The van der Waals surface area contributed by atoms with Gasteiger partial charge in [0, 0.05) is 13.1 Å². The predicted molar refractivity (Wildman–Crippen MR) is 64.5 cm³/mol. The summed E-state index contributed by atoms with van der Waals surface area (Å²) in [4.78, 5) is 4.51. The first-order chi connectivity index (χ1) is 8.34. The number of anilines is 1. The summed E-state index contributed by atoms with van der Waals surface area (Å²) < 4.78 is 6.80. The number of para-hydroxylation sites is 2. The lowest BCUT2D eigenvalue weighted by Gasteiger charge is -2.03. The largest absolute Gasteiger partial charge is 0.364 e. The lowest BCUT2D eigenvalue weighted by molar-refractivity contribution is 0.412. The van der Waals surface area contributed by atoms with E-state index in [9.17, 15) is 0 Å². The number of nitrogens with zero attached hydrogens (tertiary/aromatic N) is 3. The van der Waals surface area contributed by atoms with E-state index in [0.717, 1.165) is 22.7 Å².